The van der Waals surface area contributed by atoms with Gasteiger partial charge in [0, 0.05) is 37.4 Å². The van der Waals surface area contributed by atoms with Gasteiger partial charge in [-0.3, -0.25) is 4.99 Å². The molecule has 0 spiro atoms. The molecule has 1 aliphatic heterocycles. The Hall–Kier alpha value is -1.42. The van der Waals surface area contributed by atoms with Crippen molar-refractivity contribution in [2.24, 2.45) is 16.6 Å². The van der Waals surface area contributed by atoms with Crippen molar-refractivity contribution < 1.29 is 0 Å². The number of guanidine groups is 1. The zero-order valence-corrected chi connectivity index (χ0v) is 12.2. The van der Waals surface area contributed by atoms with Crippen molar-refractivity contribution in [1.29, 1.82) is 0 Å². The van der Waals surface area contributed by atoms with Crippen molar-refractivity contribution >= 4 is 23.2 Å². The van der Waals surface area contributed by atoms with Gasteiger partial charge in [0.15, 0.2) is 5.96 Å². The number of hydrogen-bond donors (Lipinski definition) is 2. The van der Waals surface area contributed by atoms with E-state index in [1.165, 1.54) is 11.3 Å². The smallest absolute Gasteiger partial charge is 0.188 e. The van der Waals surface area contributed by atoms with E-state index in [0.717, 1.165) is 31.1 Å². The van der Waals surface area contributed by atoms with E-state index in [0.29, 0.717) is 11.9 Å². The van der Waals surface area contributed by atoms with Gasteiger partial charge in [-0.2, -0.15) is 0 Å². The molecule has 1 saturated heterocycles. The Morgan fingerprint density at radius 3 is 3.11 bits per heavy atom. The molecule has 3 N–H and O–H groups in total. The van der Waals surface area contributed by atoms with Crippen molar-refractivity contribution in [1.82, 2.24) is 5.32 Å². The predicted molar refractivity (Wildman–Crippen MR) is 82.1 cm³/mol. The molecule has 1 atom stereocenters. The second-order valence-electron chi connectivity index (χ2n) is 5.02. The molecular weight excluding hydrogens is 260 g/mol. The van der Waals surface area contributed by atoms with Gasteiger partial charge in [0.2, 0.25) is 0 Å². The zero-order valence-electron chi connectivity index (χ0n) is 11.5. The third-order valence-corrected chi connectivity index (χ3v) is 3.85. The molecule has 0 bridgehead atoms. The van der Waals surface area contributed by atoms with Gasteiger partial charge in [-0.25, -0.2) is 0 Å². The number of hydrogen-bond acceptors (Lipinski definition) is 2. The third-order valence-electron chi connectivity index (χ3n) is 3.61. The lowest BCUT2D eigenvalue weighted by Crippen LogP contribution is -2.36. The van der Waals surface area contributed by atoms with Gasteiger partial charge in [-0.15, -0.1) is 0 Å². The SMILES string of the molecule is CN=C(N)NCC1CCN(c2cc(Cl)ccc2C)C1. The molecule has 104 valence electrons. The van der Waals surface area contributed by atoms with Crippen molar-refractivity contribution in [2.45, 2.75) is 13.3 Å². The van der Waals surface area contributed by atoms with Crippen LogP contribution >= 0.6 is 11.6 Å². The fourth-order valence-electron chi connectivity index (χ4n) is 2.47. The molecule has 2 rings (SSSR count). The van der Waals surface area contributed by atoms with Gasteiger partial charge in [-0.05, 0) is 37.0 Å². The molecule has 1 heterocycles. The van der Waals surface area contributed by atoms with Gasteiger partial charge in [-0.1, -0.05) is 17.7 Å². The van der Waals surface area contributed by atoms with Crippen LogP contribution in [0.2, 0.25) is 5.02 Å². The monoisotopic (exact) mass is 280 g/mol. The van der Waals surface area contributed by atoms with Crippen molar-refractivity contribution in [3.63, 3.8) is 0 Å². The fraction of sp³-hybridized carbons (Fsp3) is 0.500. The summed E-state index contributed by atoms with van der Waals surface area (Å²) in [5.74, 6) is 1.11. The number of nitrogens with two attached hydrogens (primary N) is 1. The number of benzene rings is 1. The molecule has 0 radical (unpaired) electrons. The first-order valence-electron chi connectivity index (χ1n) is 6.57. The molecule has 1 aromatic carbocycles. The fourth-order valence-corrected chi connectivity index (χ4v) is 2.64. The zero-order chi connectivity index (χ0) is 13.8. The van der Waals surface area contributed by atoms with E-state index < -0.39 is 0 Å². The van der Waals surface area contributed by atoms with Crippen LogP contribution in [0.25, 0.3) is 0 Å². The highest BCUT2D eigenvalue weighted by atomic mass is 35.5. The summed E-state index contributed by atoms with van der Waals surface area (Å²) < 4.78 is 0. The first-order valence-corrected chi connectivity index (χ1v) is 6.95. The largest absolute Gasteiger partial charge is 0.371 e. The number of nitrogens with zero attached hydrogens (tertiary/aromatic N) is 2. The lowest BCUT2D eigenvalue weighted by atomic mass is 10.1. The highest BCUT2D eigenvalue weighted by Gasteiger charge is 2.23. The first-order chi connectivity index (χ1) is 9.10. The molecule has 4 nitrogen and oxygen atoms in total. The molecule has 19 heavy (non-hydrogen) atoms. The Morgan fingerprint density at radius 1 is 1.58 bits per heavy atom. The molecule has 0 aromatic heterocycles. The Balaban J connectivity index is 1.96. The van der Waals surface area contributed by atoms with Gasteiger partial charge in [0.05, 0.1) is 0 Å². The van der Waals surface area contributed by atoms with E-state index in [1.54, 1.807) is 7.05 Å². The van der Waals surface area contributed by atoms with Crippen LogP contribution in [-0.2, 0) is 0 Å². The highest BCUT2D eigenvalue weighted by Crippen LogP contribution is 2.29. The summed E-state index contributed by atoms with van der Waals surface area (Å²) in [6.45, 7) is 5.10. The number of halogens is 1. The van der Waals surface area contributed by atoms with Crippen LogP contribution in [0.4, 0.5) is 5.69 Å². The summed E-state index contributed by atoms with van der Waals surface area (Å²) in [6, 6.07) is 6.06. The molecular formula is C14H21ClN4. The predicted octanol–water partition coefficient (Wildman–Crippen LogP) is 2.01. The second kappa shape index (κ2) is 6.15. The lowest BCUT2D eigenvalue weighted by molar-refractivity contribution is 0.570. The molecule has 0 saturated carbocycles. The quantitative estimate of drug-likeness (QED) is 0.658. The topological polar surface area (TPSA) is 53.6 Å². The van der Waals surface area contributed by atoms with Gasteiger partial charge >= 0.3 is 0 Å². The molecule has 1 aromatic rings. The maximum absolute atomic E-state index is 6.08. The highest BCUT2D eigenvalue weighted by molar-refractivity contribution is 6.30. The summed E-state index contributed by atoms with van der Waals surface area (Å²) in [4.78, 5) is 6.30. The minimum atomic E-state index is 0.511. The Kier molecular flexibility index (Phi) is 4.53. The minimum Gasteiger partial charge on any atom is -0.371 e. The maximum atomic E-state index is 6.08. The molecule has 0 amide bonds. The number of aliphatic imine (C=N–C) groups is 1. The van der Waals surface area contributed by atoms with Gasteiger partial charge in [0.1, 0.15) is 0 Å². The first kappa shape index (κ1) is 14.0. The normalized spacial score (nSPS) is 19.8. The summed E-state index contributed by atoms with van der Waals surface area (Å²) in [5, 5.41) is 3.94. The lowest BCUT2D eigenvalue weighted by Gasteiger charge is -2.21. The molecule has 1 fully saturated rings. The Morgan fingerprint density at radius 2 is 2.37 bits per heavy atom. The van der Waals surface area contributed by atoms with E-state index in [4.69, 9.17) is 17.3 Å². The van der Waals surface area contributed by atoms with E-state index in [9.17, 15) is 0 Å². The maximum Gasteiger partial charge on any atom is 0.188 e. The average Bonchev–Trinajstić information content (AvgIpc) is 2.87. The van der Waals surface area contributed by atoms with Crippen molar-refractivity contribution in [3.8, 4) is 0 Å². The van der Waals surface area contributed by atoms with Crippen LogP contribution in [0.15, 0.2) is 23.2 Å². The third kappa shape index (κ3) is 3.53. The van der Waals surface area contributed by atoms with Crippen LogP contribution in [0, 0.1) is 12.8 Å². The van der Waals surface area contributed by atoms with Crippen molar-refractivity contribution in [2.75, 3.05) is 31.6 Å². The molecule has 1 aliphatic rings. The van der Waals surface area contributed by atoms with Crippen molar-refractivity contribution in [3.05, 3.63) is 28.8 Å². The van der Waals surface area contributed by atoms with Crippen LogP contribution in [0.5, 0.6) is 0 Å². The molecule has 5 heteroatoms. The number of nitrogens with one attached hydrogen (secondary N) is 1. The van der Waals surface area contributed by atoms with E-state index >= 15 is 0 Å². The summed E-state index contributed by atoms with van der Waals surface area (Å²) in [6.07, 6.45) is 1.16. The number of aryl methyl sites for hydroxylation is 1. The molecule has 1 unspecified atom stereocenters. The van der Waals surface area contributed by atoms with Crippen LogP contribution in [0.3, 0.4) is 0 Å². The van der Waals surface area contributed by atoms with E-state index in [2.05, 4.69) is 34.3 Å². The summed E-state index contributed by atoms with van der Waals surface area (Å²) in [5.41, 5.74) is 8.16. The van der Waals surface area contributed by atoms with Gasteiger partial charge in [0.25, 0.3) is 0 Å². The van der Waals surface area contributed by atoms with Gasteiger partial charge < -0.3 is 16.0 Å². The number of rotatable bonds is 3. The standard InChI is InChI=1S/C14H21ClN4/c1-10-3-4-12(15)7-13(10)19-6-5-11(9-19)8-18-14(16)17-2/h3-4,7,11H,5-6,8-9H2,1-2H3,(H3,16,17,18). The second-order valence-corrected chi connectivity index (χ2v) is 5.46. The summed E-state index contributed by atoms with van der Waals surface area (Å²) >= 11 is 6.08. The average molecular weight is 281 g/mol. The van der Waals surface area contributed by atoms with E-state index in [-0.39, 0.29) is 0 Å². The van der Waals surface area contributed by atoms with Crippen LogP contribution < -0.4 is 16.0 Å². The number of anilines is 1. The molecule has 0 aliphatic carbocycles. The van der Waals surface area contributed by atoms with E-state index in [1.807, 2.05) is 6.07 Å². The minimum absolute atomic E-state index is 0.511. The van der Waals surface area contributed by atoms with Crippen LogP contribution in [-0.4, -0.2) is 32.6 Å². The summed E-state index contributed by atoms with van der Waals surface area (Å²) in [7, 11) is 1.69. The van der Waals surface area contributed by atoms with Crippen LogP contribution in [0.1, 0.15) is 12.0 Å². The Bertz CT molecular complexity index is 473. The Labute approximate surface area is 119 Å².